The molecule has 9 aromatic rings. The van der Waals surface area contributed by atoms with Crippen LogP contribution in [0.3, 0.4) is 0 Å². The number of benzene rings is 6. The van der Waals surface area contributed by atoms with E-state index in [1.54, 1.807) is 86.0 Å². The summed E-state index contributed by atoms with van der Waals surface area (Å²) in [7, 11) is 1.59. The van der Waals surface area contributed by atoms with Gasteiger partial charge in [0.2, 0.25) is 0 Å². The summed E-state index contributed by atoms with van der Waals surface area (Å²) in [4.78, 5) is 23.9. The van der Waals surface area contributed by atoms with Crippen LogP contribution in [0.25, 0.3) is 67.2 Å². The number of nitrogen functional groups attached to an aromatic ring is 2. The number of anilines is 2. The van der Waals surface area contributed by atoms with Crippen LogP contribution < -0.4 is 21.8 Å². The van der Waals surface area contributed by atoms with Crippen molar-refractivity contribution in [2.24, 2.45) is 0 Å². The zero-order valence-electron chi connectivity index (χ0n) is 39.8. The molecular weight excluding hydrogens is 932 g/mol. The molecule has 3 aromatic heterocycles. The number of phenols is 4. The summed E-state index contributed by atoms with van der Waals surface area (Å²) in [6.07, 6.45) is 12.0. The molecule has 0 bridgehead atoms. The Morgan fingerprint density at radius 3 is 1.72 bits per heavy atom. The van der Waals surface area contributed by atoms with Crippen molar-refractivity contribution in [1.29, 1.82) is 5.26 Å². The fraction of sp³-hybridized carbons (Fsp3) is 0.0820. The number of methoxy groups -OCH3 is 1. The van der Waals surface area contributed by atoms with Gasteiger partial charge in [-0.25, -0.2) is 14.4 Å². The van der Waals surface area contributed by atoms with E-state index in [0.717, 1.165) is 28.9 Å². The van der Waals surface area contributed by atoms with Crippen LogP contribution in [-0.4, -0.2) is 42.5 Å². The van der Waals surface area contributed by atoms with Gasteiger partial charge in [-0.2, -0.15) is 5.26 Å². The van der Waals surface area contributed by atoms with Crippen molar-refractivity contribution >= 4 is 11.6 Å². The van der Waals surface area contributed by atoms with Gasteiger partial charge in [0, 0.05) is 44.6 Å². The molecule has 0 aliphatic rings. The summed E-state index contributed by atoms with van der Waals surface area (Å²) in [5.41, 5.74) is 22.2. The molecule has 3 heterocycles. The van der Waals surface area contributed by atoms with Crippen LogP contribution in [0.5, 0.6) is 28.7 Å². The number of ether oxygens (including phenoxy) is 1. The maximum absolute atomic E-state index is 13.1. The number of terminal acetylenes is 2. The average molecular weight is 983 g/mol. The number of H-pyrrole nitrogens is 1. The van der Waals surface area contributed by atoms with E-state index in [1.165, 1.54) is 29.8 Å². The molecule has 0 fully saturated rings. The topological polar surface area (TPSA) is 225 Å². The molecule has 0 unspecified atom stereocenters. The summed E-state index contributed by atoms with van der Waals surface area (Å²) >= 11 is 0. The van der Waals surface area contributed by atoms with Crippen molar-refractivity contribution in [1.82, 2.24) is 15.0 Å². The van der Waals surface area contributed by atoms with Crippen LogP contribution in [0.15, 0.2) is 156 Å². The summed E-state index contributed by atoms with van der Waals surface area (Å²) in [6, 6.07) is 45.0. The first kappa shape index (κ1) is 53.1. The summed E-state index contributed by atoms with van der Waals surface area (Å²) in [5.74, 6) is 5.34. The van der Waals surface area contributed by atoms with E-state index in [1.807, 2.05) is 55.5 Å². The molecule has 0 saturated carbocycles. The minimum Gasteiger partial charge on any atom is -0.507 e. The van der Waals surface area contributed by atoms with Gasteiger partial charge in [0.05, 0.1) is 29.6 Å². The van der Waals surface area contributed by atoms with E-state index >= 15 is 0 Å². The molecule has 0 amide bonds. The highest BCUT2D eigenvalue weighted by Gasteiger charge is 2.20. The number of aromatic amines is 1. The Morgan fingerprint density at radius 2 is 1.18 bits per heavy atom. The summed E-state index contributed by atoms with van der Waals surface area (Å²) in [6.45, 7) is 3.96. The average Bonchev–Trinajstić information content (AvgIpc) is 3.40. The first-order valence-corrected chi connectivity index (χ1v) is 22.5. The third-order valence-corrected chi connectivity index (χ3v) is 11.8. The number of hydrogen-bond acceptors (Lipinski definition) is 11. The third-order valence-electron chi connectivity index (χ3n) is 11.8. The number of nitriles is 1. The number of phenolic OH excluding ortho intramolecular Hbond substituents is 4. The number of para-hydroxylation sites is 2. The van der Waals surface area contributed by atoms with Crippen molar-refractivity contribution in [3.63, 3.8) is 0 Å². The molecule has 0 spiro atoms. The van der Waals surface area contributed by atoms with Crippen LogP contribution in [-0.2, 0) is 6.42 Å². The Morgan fingerprint density at radius 1 is 0.635 bits per heavy atom. The SMILES string of the molecule is C.C#Cc1c(-c2ccccc2O)cc(-c2ccc(F)cc2)nc1N.C#Cc1c(-c2ccccc2O)cc(-c2ccc(OC)cc2)[nH]c1=O.CCc1ccc(-c2nc(N)c(C#N)c(-c3ccc(O)c(O)c3)c2C)cc1. The van der Waals surface area contributed by atoms with Crippen LogP contribution in [0.4, 0.5) is 16.0 Å². The van der Waals surface area contributed by atoms with E-state index in [-0.39, 0.29) is 64.6 Å². The molecule has 0 aliphatic heterocycles. The monoisotopic (exact) mass is 982 g/mol. The maximum atomic E-state index is 13.1. The zero-order valence-corrected chi connectivity index (χ0v) is 39.8. The highest BCUT2D eigenvalue weighted by Crippen LogP contribution is 2.40. The Hall–Kier alpha value is -10.3. The van der Waals surface area contributed by atoms with Crippen molar-refractivity contribution in [2.45, 2.75) is 27.7 Å². The van der Waals surface area contributed by atoms with Gasteiger partial charge < -0.3 is 41.6 Å². The minimum absolute atomic E-state index is 0. The third kappa shape index (κ3) is 11.5. The van der Waals surface area contributed by atoms with Crippen molar-refractivity contribution in [2.75, 3.05) is 18.6 Å². The number of hydrogen-bond donors (Lipinski definition) is 7. The summed E-state index contributed by atoms with van der Waals surface area (Å²) < 4.78 is 18.2. The predicted octanol–water partition coefficient (Wildman–Crippen LogP) is 12.0. The molecule has 0 atom stereocenters. The Kier molecular flexibility index (Phi) is 16.9. The largest absolute Gasteiger partial charge is 0.507 e. The molecule has 13 heteroatoms. The molecule has 12 nitrogen and oxygen atoms in total. The molecule has 9 N–H and O–H groups in total. The second kappa shape index (κ2) is 23.5. The lowest BCUT2D eigenvalue weighted by Gasteiger charge is -2.15. The number of rotatable bonds is 8. The number of aromatic hydroxyl groups is 4. The highest BCUT2D eigenvalue weighted by molar-refractivity contribution is 5.86. The normalized spacial score (nSPS) is 10.2. The second-order valence-corrected chi connectivity index (χ2v) is 16.3. The van der Waals surface area contributed by atoms with E-state index in [2.05, 4.69) is 39.8 Å². The molecule has 6 aromatic carbocycles. The second-order valence-electron chi connectivity index (χ2n) is 16.3. The number of pyridine rings is 3. The number of aryl methyl sites for hydroxylation is 1. The predicted molar refractivity (Wildman–Crippen MR) is 292 cm³/mol. The summed E-state index contributed by atoms with van der Waals surface area (Å²) in [5, 5.41) is 49.2. The van der Waals surface area contributed by atoms with Gasteiger partial charge in [0.1, 0.15) is 46.3 Å². The zero-order chi connectivity index (χ0) is 52.3. The molecule has 0 aliphatic carbocycles. The van der Waals surface area contributed by atoms with E-state index < -0.39 is 0 Å². The molecule has 368 valence electrons. The number of nitrogens with one attached hydrogen (secondary N) is 1. The van der Waals surface area contributed by atoms with Gasteiger partial charge in [-0.1, -0.05) is 92.9 Å². The van der Waals surface area contributed by atoms with E-state index in [0.29, 0.717) is 61.6 Å². The molecular formula is C61H51FN6O6. The molecule has 0 radical (unpaired) electrons. The van der Waals surface area contributed by atoms with Crippen molar-refractivity contribution in [3.05, 3.63) is 196 Å². The lowest BCUT2D eigenvalue weighted by atomic mass is 9.92. The molecule has 9 rings (SSSR count). The molecule has 74 heavy (non-hydrogen) atoms. The van der Waals surface area contributed by atoms with Crippen LogP contribution in [0, 0.1) is 48.8 Å². The first-order chi connectivity index (χ1) is 35.2. The van der Waals surface area contributed by atoms with Gasteiger partial charge in [0.25, 0.3) is 5.56 Å². The van der Waals surface area contributed by atoms with Crippen LogP contribution in [0.1, 0.15) is 42.2 Å². The fourth-order valence-corrected chi connectivity index (χ4v) is 7.97. The number of halogens is 1. The highest BCUT2D eigenvalue weighted by atomic mass is 19.1. The smallest absolute Gasteiger partial charge is 0.264 e. The van der Waals surface area contributed by atoms with Gasteiger partial charge in [-0.3, -0.25) is 4.79 Å². The van der Waals surface area contributed by atoms with Gasteiger partial charge in [0.15, 0.2) is 11.5 Å². The Labute approximate surface area is 428 Å². The van der Waals surface area contributed by atoms with Gasteiger partial charge in [-0.15, -0.1) is 12.8 Å². The quantitative estimate of drug-likeness (QED) is 0.0560. The van der Waals surface area contributed by atoms with Crippen molar-refractivity contribution < 1.29 is 29.6 Å². The Bertz CT molecular complexity index is 3690. The van der Waals surface area contributed by atoms with E-state index in [9.17, 15) is 34.9 Å². The van der Waals surface area contributed by atoms with Crippen molar-refractivity contribution in [3.8, 4) is 127 Å². The lowest BCUT2D eigenvalue weighted by Crippen LogP contribution is -2.12. The number of nitrogens with zero attached hydrogens (tertiary/aromatic N) is 3. The Balaban J connectivity index is 0.000000180. The van der Waals surface area contributed by atoms with Gasteiger partial charge >= 0.3 is 0 Å². The van der Waals surface area contributed by atoms with Crippen LogP contribution >= 0.6 is 0 Å². The molecule has 0 saturated heterocycles. The standard InChI is InChI=1S/C21H19N3O2.C20H15NO3.C19H13FN2O.CH4/c1-3-13-4-6-14(7-5-13)20-12(2)19(16(11-22)21(23)24-20)15-8-9-17(25)18(26)10-15;1-3-15-17(16-6-4-5-7-19(16)22)12-18(21-20(15)23)13-8-10-14(24-2)11-9-13;1-2-14-16(15-5-3-4-6-18(15)23)11-17(22-19(14)21)12-7-9-13(20)10-8-12;/h4-10,25-26H,3H2,1-2H3,(H2,23,24);1,4-12,22H,2H3,(H,21,23);1,3-11,23H,(H2,21,22);1H4. The fourth-order valence-electron chi connectivity index (χ4n) is 7.97. The minimum atomic E-state index is -0.371. The maximum Gasteiger partial charge on any atom is 0.264 e. The van der Waals surface area contributed by atoms with Crippen LogP contribution in [0.2, 0.25) is 0 Å². The van der Waals surface area contributed by atoms with E-state index in [4.69, 9.17) is 29.1 Å². The first-order valence-electron chi connectivity index (χ1n) is 22.5. The number of aromatic nitrogens is 3. The number of nitrogens with two attached hydrogens (primary N) is 2. The lowest BCUT2D eigenvalue weighted by molar-refractivity contribution is 0.404. The van der Waals surface area contributed by atoms with Gasteiger partial charge in [-0.05, 0) is 121 Å².